The molecule has 8 nitrogen and oxygen atoms in total. The SMILES string of the molecule is CCOC(=O)c1ccc(-n2c(-c3ccccc3)cc(C=C3C(=O)NC(=O)N(c4ccc(Cl)cc4)C3=O)c2-c2ccccc2)cc1. The average molecular weight is 616 g/mol. The Morgan fingerprint density at radius 3 is 2.02 bits per heavy atom. The predicted molar refractivity (Wildman–Crippen MR) is 173 cm³/mol. The van der Waals surface area contributed by atoms with E-state index in [9.17, 15) is 19.2 Å². The van der Waals surface area contributed by atoms with Gasteiger partial charge < -0.3 is 9.30 Å². The van der Waals surface area contributed by atoms with Crippen molar-refractivity contribution < 1.29 is 23.9 Å². The van der Waals surface area contributed by atoms with Crippen LogP contribution in [0.2, 0.25) is 5.02 Å². The van der Waals surface area contributed by atoms with Gasteiger partial charge in [0, 0.05) is 16.3 Å². The number of imide groups is 2. The molecule has 0 spiro atoms. The molecule has 0 atom stereocenters. The van der Waals surface area contributed by atoms with Crippen LogP contribution >= 0.6 is 11.6 Å². The van der Waals surface area contributed by atoms with E-state index in [-0.39, 0.29) is 17.9 Å². The number of amides is 4. The van der Waals surface area contributed by atoms with Gasteiger partial charge in [-0.2, -0.15) is 0 Å². The highest BCUT2D eigenvalue weighted by molar-refractivity contribution is 6.39. The highest BCUT2D eigenvalue weighted by Crippen LogP contribution is 2.38. The topological polar surface area (TPSA) is 97.7 Å². The van der Waals surface area contributed by atoms with Gasteiger partial charge in [-0.25, -0.2) is 14.5 Å². The van der Waals surface area contributed by atoms with E-state index >= 15 is 0 Å². The van der Waals surface area contributed by atoms with E-state index in [2.05, 4.69) is 5.32 Å². The van der Waals surface area contributed by atoms with E-state index in [0.717, 1.165) is 27.4 Å². The zero-order chi connectivity index (χ0) is 31.5. The molecule has 0 aliphatic carbocycles. The molecule has 0 unspecified atom stereocenters. The Kier molecular flexibility index (Phi) is 8.14. The van der Waals surface area contributed by atoms with Crippen LogP contribution in [0.25, 0.3) is 34.3 Å². The summed E-state index contributed by atoms with van der Waals surface area (Å²) in [6.45, 7) is 2.02. The van der Waals surface area contributed by atoms with Gasteiger partial charge in [-0.3, -0.25) is 14.9 Å². The van der Waals surface area contributed by atoms with E-state index in [4.69, 9.17) is 16.3 Å². The maximum absolute atomic E-state index is 13.8. The zero-order valence-corrected chi connectivity index (χ0v) is 24.8. The number of urea groups is 1. The Hall–Kier alpha value is -5.73. The van der Waals surface area contributed by atoms with Gasteiger partial charge in [-0.05, 0) is 78.7 Å². The molecule has 1 aliphatic heterocycles. The third kappa shape index (κ3) is 5.79. The number of hydrogen-bond donors (Lipinski definition) is 1. The zero-order valence-electron chi connectivity index (χ0n) is 24.1. The molecule has 1 N–H and O–H groups in total. The van der Waals surface area contributed by atoms with E-state index < -0.39 is 23.8 Å². The number of hydrogen-bond acceptors (Lipinski definition) is 5. The van der Waals surface area contributed by atoms with Crippen molar-refractivity contribution >= 4 is 47.2 Å². The van der Waals surface area contributed by atoms with Crippen molar-refractivity contribution in [3.8, 4) is 28.2 Å². The number of nitrogens with one attached hydrogen (secondary N) is 1. The Morgan fingerprint density at radius 2 is 1.40 bits per heavy atom. The first-order chi connectivity index (χ1) is 21.9. The molecule has 5 aromatic rings. The number of carbonyl (C=O) groups is 4. The van der Waals surface area contributed by atoms with Crippen molar-refractivity contribution in [3.63, 3.8) is 0 Å². The lowest BCUT2D eigenvalue weighted by Crippen LogP contribution is -2.54. The van der Waals surface area contributed by atoms with Gasteiger partial charge >= 0.3 is 12.0 Å². The van der Waals surface area contributed by atoms with Crippen LogP contribution < -0.4 is 10.2 Å². The molecule has 0 radical (unpaired) electrons. The van der Waals surface area contributed by atoms with Gasteiger partial charge in [0.15, 0.2) is 0 Å². The maximum Gasteiger partial charge on any atom is 0.338 e. The van der Waals surface area contributed by atoms with Crippen LogP contribution in [0.5, 0.6) is 0 Å². The van der Waals surface area contributed by atoms with Crippen molar-refractivity contribution in [1.29, 1.82) is 0 Å². The Morgan fingerprint density at radius 1 is 0.800 bits per heavy atom. The molecule has 4 aromatic carbocycles. The summed E-state index contributed by atoms with van der Waals surface area (Å²) in [6, 6.07) is 33.5. The number of anilines is 1. The standard InChI is InChI=1S/C36H26ClN3O5/c1-2-45-35(43)25-13-17-28(18-14-25)39-31(23-9-5-3-6-10-23)22-26(32(39)24-11-7-4-8-12-24)21-30-33(41)38-36(44)40(34(30)42)29-19-15-27(37)16-20-29/h3-22H,2H2,1H3,(H,38,41,44). The third-order valence-corrected chi connectivity index (χ3v) is 7.52. The number of ether oxygens (including phenoxy) is 1. The molecule has 1 aromatic heterocycles. The number of rotatable bonds is 7. The first kappa shape index (κ1) is 29.3. The lowest BCUT2D eigenvalue weighted by atomic mass is 10.0. The molecular formula is C36H26ClN3O5. The summed E-state index contributed by atoms with van der Waals surface area (Å²) in [5.41, 5.74) is 4.95. The van der Waals surface area contributed by atoms with Crippen LogP contribution in [-0.4, -0.2) is 35.0 Å². The van der Waals surface area contributed by atoms with Gasteiger partial charge in [0.05, 0.1) is 29.2 Å². The summed E-state index contributed by atoms with van der Waals surface area (Å²) in [5.74, 6) is -1.99. The van der Waals surface area contributed by atoms with Gasteiger partial charge in [-0.15, -0.1) is 0 Å². The van der Waals surface area contributed by atoms with Crippen LogP contribution in [0.1, 0.15) is 22.8 Å². The van der Waals surface area contributed by atoms with E-state index in [1.54, 1.807) is 31.2 Å². The molecule has 45 heavy (non-hydrogen) atoms. The highest BCUT2D eigenvalue weighted by atomic mass is 35.5. The van der Waals surface area contributed by atoms with Crippen molar-refractivity contribution in [2.24, 2.45) is 0 Å². The molecule has 1 saturated heterocycles. The van der Waals surface area contributed by atoms with E-state index in [1.807, 2.05) is 83.4 Å². The summed E-state index contributed by atoms with van der Waals surface area (Å²) in [6.07, 6.45) is 1.51. The molecule has 4 amide bonds. The van der Waals surface area contributed by atoms with Gasteiger partial charge in [0.2, 0.25) is 0 Å². The van der Waals surface area contributed by atoms with Crippen LogP contribution in [-0.2, 0) is 14.3 Å². The molecular weight excluding hydrogens is 590 g/mol. The summed E-state index contributed by atoms with van der Waals surface area (Å²) >= 11 is 6.02. The summed E-state index contributed by atoms with van der Waals surface area (Å²) in [7, 11) is 0. The maximum atomic E-state index is 13.8. The highest BCUT2D eigenvalue weighted by Gasteiger charge is 2.37. The lowest BCUT2D eigenvalue weighted by Gasteiger charge is -2.26. The summed E-state index contributed by atoms with van der Waals surface area (Å²) in [5, 5.41) is 2.73. The second-order valence-corrected chi connectivity index (χ2v) is 10.5. The van der Waals surface area contributed by atoms with E-state index in [1.165, 1.54) is 18.2 Å². The van der Waals surface area contributed by atoms with Crippen molar-refractivity contribution in [3.05, 3.63) is 137 Å². The normalized spacial score (nSPS) is 14.0. The second kappa shape index (κ2) is 12.5. The van der Waals surface area contributed by atoms with Gasteiger partial charge in [0.25, 0.3) is 11.8 Å². The van der Waals surface area contributed by atoms with Crippen molar-refractivity contribution in [2.45, 2.75) is 6.92 Å². The molecule has 6 rings (SSSR count). The number of barbiturate groups is 1. The fourth-order valence-electron chi connectivity index (χ4n) is 5.22. The summed E-state index contributed by atoms with van der Waals surface area (Å²) < 4.78 is 7.18. The number of aromatic nitrogens is 1. The molecule has 1 aliphatic rings. The number of esters is 1. The van der Waals surface area contributed by atoms with Crippen molar-refractivity contribution in [2.75, 3.05) is 11.5 Å². The molecule has 9 heteroatoms. The monoisotopic (exact) mass is 615 g/mol. The van der Waals surface area contributed by atoms with Crippen LogP contribution in [0.4, 0.5) is 10.5 Å². The Labute approximate surface area is 264 Å². The number of halogens is 1. The van der Waals surface area contributed by atoms with E-state index in [0.29, 0.717) is 21.8 Å². The Balaban J connectivity index is 1.57. The van der Waals surface area contributed by atoms with Crippen LogP contribution in [0.3, 0.4) is 0 Å². The smallest absolute Gasteiger partial charge is 0.338 e. The fourth-order valence-corrected chi connectivity index (χ4v) is 5.35. The van der Waals surface area contributed by atoms with Gasteiger partial charge in [-0.1, -0.05) is 72.3 Å². The van der Waals surface area contributed by atoms with Crippen LogP contribution in [0, 0.1) is 0 Å². The molecule has 222 valence electrons. The Bertz CT molecular complexity index is 1950. The fraction of sp³-hybridized carbons (Fsp3) is 0.0556. The number of benzene rings is 4. The first-order valence-electron chi connectivity index (χ1n) is 14.2. The summed E-state index contributed by atoms with van der Waals surface area (Å²) in [4.78, 5) is 53.0. The minimum atomic E-state index is -0.850. The molecule has 0 bridgehead atoms. The van der Waals surface area contributed by atoms with Gasteiger partial charge in [0.1, 0.15) is 5.57 Å². The first-order valence-corrected chi connectivity index (χ1v) is 14.5. The molecule has 0 saturated carbocycles. The average Bonchev–Trinajstić information content (AvgIpc) is 3.44. The van der Waals surface area contributed by atoms with Crippen molar-refractivity contribution in [1.82, 2.24) is 9.88 Å². The van der Waals surface area contributed by atoms with Crippen LogP contribution in [0.15, 0.2) is 121 Å². The molecule has 2 heterocycles. The third-order valence-electron chi connectivity index (χ3n) is 7.27. The second-order valence-electron chi connectivity index (χ2n) is 10.1. The minimum Gasteiger partial charge on any atom is -0.462 e. The minimum absolute atomic E-state index is 0.212. The quantitative estimate of drug-likeness (QED) is 0.118. The number of carbonyl (C=O) groups excluding carboxylic acids is 4. The largest absolute Gasteiger partial charge is 0.462 e. The predicted octanol–water partition coefficient (Wildman–Crippen LogP) is 7.31. The molecule has 1 fully saturated rings. The number of nitrogens with zero attached hydrogens (tertiary/aromatic N) is 2. The lowest BCUT2D eigenvalue weighted by molar-refractivity contribution is -0.122.